The van der Waals surface area contributed by atoms with Crippen LogP contribution in [0.25, 0.3) is 0 Å². The van der Waals surface area contributed by atoms with Gasteiger partial charge in [0.05, 0.1) is 11.1 Å². The fraction of sp³-hybridized carbons (Fsp3) is 0.333. The summed E-state index contributed by atoms with van der Waals surface area (Å²) >= 11 is 0. The van der Waals surface area contributed by atoms with E-state index in [1.54, 1.807) is 24.3 Å². The number of fused-ring (bicyclic) bond motifs is 1. The number of hydrogen-bond acceptors (Lipinski definition) is 2. The van der Waals surface area contributed by atoms with Crippen molar-refractivity contribution in [2.24, 2.45) is 5.92 Å². The van der Waals surface area contributed by atoms with E-state index in [-0.39, 0.29) is 11.8 Å². The number of rotatable bonds is 3. The first-order valence-corrected chi connectivity index (χ1v) is 8.67. The third-order valence-electron chi connectivity index (χ3n) is 4.72. The van der Waals surface area contributed by atoms with Crippen molar-refractivity contribution < 1.29 is 9.59 Å². The fourth-order valence-electron chi connectivity index (χ4n) is 3.31. The number of amides is 2. The highest BCUT2D eigenvalue weighted by Crippen LogP contribution is 2.48. The van der Waals surface area contributed by atoms with E-state index in [0.29, 0.717) is 29.5 Å². The highest BCUT2D eigenvalue weighted by molar-refractivity contribution is 6.21. The molecule has 0 aromatic heterocycles. The van der Waals surface area contributed by atoms with Gasteiger partial charge in [-0.05, 0) is 42.9 Å². The first-order chi connectivity index (χ1) is 11.6. The molecule has 0 spiro atoms. The molecular weight excluding hydrogens is 298 g/mol. The zero-order valence-electron chi connectivity index (χ0n) is 14.5. The summed E-state index contributed by atoms with van der Waals surface area (Å²) in [5, 5.41) is 0. The molecule has 124 valence electrons. The van der Waals surface area contributed by atoms with E-state index in [4.69, 9.17) is 0 Å². The van der Waals surface area contributed by atoms with Crippen molar-refractivity contribution in [2.75, 3.05) is 6.54 Å². The maximum atomic E-state index is 12.4. The van der Waals surface area contributed by atoms with Crippen LogP contribution in [-0.4, -0.2) is 23.3 Å². The molecule has 3 heteroatoms. The minimum absolute atomic E-state index is 0.143. The van der Waals surface area contributed by atoms with E-state index in [0.717, 1.165) is 6.42 Å². The Labute approximate surface area is 143 Å². The van der Waals surface area contributed by atoms with Gasteiger partial charge in [0, 0.05) is 6.54 Å². The minimum Gasteiger partial charge on any atom is -0.274 e. The number of nitrogens with zero attached hydrogens (tertiary/aromatic N) is 1. The van der Waals surface area contributed by atoms with Gasteiger partial charge in [0.2, 0.25) is 0 Å². The fourth-order valence-corrected chi connectivity index (χ4v) is 3.31. The van der Waals surface area contributed by atoms with Gasteiger partial charge >= 0.3 is 0 Å². The van der Waals surface area contributed by atoms with Crippen LogP contribution < -0.4 is 0 Å². The number of carbonyl (C=O) groups is 2. The van der Waals surface area contributed by atoms with E-state index in [1.807, 2.05) is 13.8 Å². The first-order valence-electron chi connectivity index (χ1n) is 8.67. The predicted molar refractivity (Wildman–Crippen MR) is 95.2 cm³/mol. The second-order valence-electron chi connectivity index (χ2n) is 6.28. The standard InChI is InChI=1S/C19H17NO2.C2H6/c1-12-6-8-13(9-7-12)17-10-14(17)11-20-18(21)15-4-2-3-5-16(15)19(20)22;1-2/h2-9,14,17H,10-11H2,1H3;1-2H3. The molecule has 2 aromatic rings. The van der Waals surface area contributed by atoms with Gasteiger partial charge in [0.25, 0.3) is 11.8 Å². The Morgan fingerprint density at radius 1 is 0.917 bits per heavy atom. The summed E-state index contributed by atoms with van der Waals surface area (Å²) in [5.74, 6) is 0.583. The third kappa shape index (κ3) is 2.86. The lowest BCUT2D eigenvalue weighted by atomic mass is 10.1. The lowest BCUT2D eigenvalue weighted by molar-refractivity contribution is 0.0646. The lowest BCUT2D eigenvalue weighted by Crippen LogP contribution is -2.31. The largest absolute Gasteiger partial charge is 0.274 e. The van der Waals surface area contributed by atoms with Crippen LogP contribution in [0.15, 0.2) is 48.5 Å². The average Bonchev–Trinajstić information content (AvgIpc) is 3.35. The maximum Gasteiger partial charge on any atom is 0.261 e. The normalized spacial score (nSPS) is 21.2. The van der Waals surface area contributed by atoms with E-state index >= 15 is 0 Å². The van der Waals surface area contributed by atoms with Crippen LogP contribution in [0.4, 0.5) is 0 Å². The van der Waals surface area contributed by atoms with Crippen LogP contribution in [0.1, 0.15) is 58.0 Å². The van der Waals surface area contributed by atoms with Gasteiger partial charge in [-0.15, -0.1) is 0 Å². The summed E-state index contributed by atoms with van der Waals surface area (Å²) in [4.78, 5) is 26.1. The van der Waals surface area contributed by atoms with Crippen molar-refractivity contribution in [3.05, 3.63) is 70.8 Å². The lowest BCUT2D eigenvalue weighted by Gasteiger charge is -2.13. The molecule has 0 saturated heterocycles. The Bertz CT molecular complexity index is 729. The summed E-state index contributed by atoms with van der Waals surface area (Å²) in [7, 11) is 0. The van der Waals surface area contributed by atoms with Crippen LogP contribution >= 0.6 is 0 Å². The van der Waals surface area contributed by atoms with Crippen LogP contribution in [-0.2, 0) is 0 Å². The van der Waals surface area contributed by atoms with E-state index in [2.05, 4.69) is 31.2 Å². The van der Waals surface area contributed by atoms with Gasteiger partial charge in [0.15, 0.2) is 0 Å². The van der Waals surface area contributed by atoms with Crippen LogP contribution in [0.2, 0.25) is 0 Å². The smallest absolute Gasteiger partial charge is 0.261 e. The van der Waals surface area contributed by atoms with Crippen molar-refractivity contribution in [1.29, 1.82) is 0 Å². The third-order valence-corrected chi connectivity index (χ3v) is 4.72. The van der Waals surface area contributed by atoms with Gasteiger partial charge in [-0.3, -0.25) is 14.5 Å². The Morgan fingerprint density at radius 3 is 2.00 bits per heavy atom. The van der Waals surface area contributed by atoms with E-state index < -0.39 is 0 Å². The number of hydrogen-bond donors (Lipinski definition) is 0. The maximum absolute atomic E-state index is 12.4. The average molecular weight is 321 g/mol. The molecule has 1 saturated carbocycles. The molecule has 3 nitrogen and oxygen atoms in total. The molecule has 1 heterocycles. The van der Waals surface area contributed by atoms with Gasteiger partial charge in [-0.2, -0.15) is 0 Å². The van der Waals surface area contributed by atoms with Crippen molar-refractivity contribution in [2.45, 2.75) is 33.1 Å². The summed E-state index contributed by atoms with van der Waals surface area (Å²) in [6.07, 6.45) is 1.05. The number of carbonyl (C=O) groups excluding carboxylic acids is 2. The molecule has 1 aliphatic heterocycles. The quantitative estimate of drug-likeness (QED) is 0.785. The van der Waals surface area contributed by atoms with Gasteiger partial charge in [0.1, 0.15) is 0 Å². The zero-order chi connectivity index (χ0) is 17.3. The highest BCUT2D eigenvalue weighted by Gasteiger charge is 2.44. The van der Waals surface area contributed by atoms with E-state index in [1.165, 1.54) is 16.0 Å². The summed E-state index contributed by atoms with van der Waals surface area (Å²) in [5.41, 5.74) is 3.65. The predicted octanol–water partition coefficient (Wildman–Crippen LogP) is 4.42. The SMILES string of the molecule is CC.Cc1ccc(C2CC2CN2C(=O)c3ccccc3C2=O)cc1. The van der Waals surface area contributed by atoms with Crippen LogP contribution in [0.5, 0.6) is 0 Å². The topological polar surface area (TPSA) is 37.4 Å². The molecule has 2 amide bonds. The Balaban J connectivity index is 0.000000815. The van der Waals surface area contributed by atoms with Crippen LogP contribution in [0.3, 0.4) is 0 Å². The Hall–Kier alpha value is -2.42. The molecule has 2 aliphatic rings. The van der Waals surface area contributed by atoms with Crippen molar-refractivity contribution in [3.63, 3.8) is 0 Å². The summed E-state index contributed by atoms with van der Waals surface area (Å²) < 4.78 is 0. The van der Waals surface area contributed by atoms with Gasteiger partial charge < -0.3 is 0 Å². The van der Waals surface area contributed by atoms with Crippen LogP contribution in [0, 0.1) is 12.8 Å². The molecular formula is C21H23NO2. The number of imide groups is 1. The zero-order valence-corrected chi connectivity index (χ0v) is 14.5. The molecule has 2 unspecified atom stereocenters. The van der Waals surface area contributed by atoms with Gasteiger partial charge in [-0.25, -0.2) is 0 Å². The number of benzene rings is 2. The monoisotopic (exact) mass is 321 g/mol. The second-order valence-corrected chi connectivity index (χ2v) is 6.28. The van der Waals surface area contributed by atoms with Crippen molar-refractivity contribution in [3.8, 4) is 0 Å². The van der Waals surface area contributed by atoms with Crippen molar-refractivity contribution in [1.82, 2.24) is 4.90 Å². The Kier molecular flexibility index (Phi) is 4.52. The molecule has 24 heavy (non-hydrogen) atoms. The first kappa shape index (κ1) is 16.4. The minimum atomic E-state index is -0.143. The molecule has 0 bridgehead atoms. The highest BCUT2D eigenvalue weighted by atomic mass is 16.2. The molecule has 0 N–H and O–H groups in total. The van der Waals surface area contributed by atoms with Crippen molar-refractivity contribution >= 4 is 11.8 Å². The molecule has 2 atom stereocenters. The molecule has 4 rings (SSSR count). The molecule has 1 fully saturated rings. The van der Waals surface area contributed by atoms with Gasteiger partial charge in [-0.1, -0.05) is 55.8 Å². The molecule has 1 aliphatic carbocycles. The second kappa shape index (κ2) is 6.60. The Morgan fingerprint density at radius 2 is 1.46 bits per heavy atom. The summed E-state index contributed by atoms with van der Waals surface area (Å²) in [6.45, 7) is 6.61. The molecule has 0 radical (unpaired) electrons. The molecule has 2 aromatic carbocycles. The summed E-state index contributed by atoms with van der Waals surface area (Å²) in [6, 6.07) is 15.6. The van der Waals surface area contributed by atoms with E-state index in [9.17, 15) is 9.59 Å². The number of aryl methyl sites for hydroxylation is 1.